The van der Waals surface area contributed by atoms with Crippen molar-refractivity contribution < 1.29 is 14.3 Å². The Balaban J connectivity index is 1.64. The molecule has 1 aliphatic rings. The highest BCUT2D eigenvalue weighted by atomic mass is 32.1. The monoisotopic (exact) mass is 344 g/mol. The van der Waals surface area contributed by atoms with Gasteiger partial charge >= 0.3 is 5.97 Å². The Morgan fingerprint density at radius 2 is 1.92 bits per heavy atom. The number of hydrogen-bond acceptors (Lipinski definition) is 5. The summed E-state index contributed by atoms with van der Waals surface area (Å²) in [6.45, 7) is 5.95. The highest BCUT2D eigenvalue weighted by molar-refractivity contribution is 7.14. The molecular formula is C18H20N2O3S. The number of rotatable bonds is 5. The molecule has 0 aliphatic heterocycles. The fourth-order valence-electron chi connectivity index (χ4n) is 2.42. The Morgan fingerprint density at radius 1 is 1.21 bits per heavy atom. The van der Waals surface area contributed by atoms with Gasteiger partial charge in [-0.25, -0.2) is 4.98 Å². The molecule has 1 fully saturated rings. The van der Waals surface area contributed by atoms with Crippen LogP contribution in [0.25, 0.3) is 11.3 Å². The fourth-order valence-corrected chi connectivity index (χ4v) is 3.15. The lowest BCUT2D eigenvalue weighted by atomic mass is 9.99. The van der Waals surface area contributed by atoms with Crippen molar-refractivity contribution in [2.24, 2.45) is 5.92 Å². The van der Waals surface area contributed by atoms with Crippen LogP contribution in [0.5, 0.6) is 0 Å². The molecule has 0 radical (unpaired) electrons. The molecule has 1 N–H and O–H groups in total. The third kappa shape index (κ3) is 3.82. The summed E-state index contributed by atoms with van der Waals surface area (Å²) in [6.07, 6.45) is 1.73. The highest BCUT2D eigenvalue weighted by Crippen LogP contribution is 2.30. The minimum atomic E-state index is -0.360. The van der Waals surface area contributed by atoms with E-state index in [2.05, 4.69) is 43.2 Å². The summed E-state index contributed by atoms with van der Waals surface area (Å²) in [6, 6.07) is 4.25. The quantitative estimate of drug-likeness (QED) is 0.841. The van der Waals surface area contributed by atoms with Gasteiger partial charge in [0.15, 0.2) is 11.7 Å². The number of ether oxygens (including phenoxy) is 1. The van der Waals surface area contributed by atoms with Crippen molar-refractivity contribution in [2.45, 2.75) is 33.6 Å². The average Bonchev–Trinajstić information content (AvgIpc) is 3.29. The number of nitrogens with one attached hydrogen (secondary N) is 1. The van der Waals surface area contributed by atoms with Crippen molar-refractivity contribution in [3.8, 4) is 11.3 Å². The molecule has 0 unspecified atom stereocenters. The second-order valence-electron chi connectivity index (χ2n) is 6.22. The number of thiazole rings is 1. The topological polar surface area (TPSA) is 68.3 Å². The number of esters is 1. The number of nitrogens with zero attached hydrogens (tertiary/aromatic N) is 1. The SMILES string of the molecule is Cc1cc(C)c(-c2csc(NC(=O)COC(=O)C3CC3)n2)cc1C. The number of amides is 1. The van der Waals surface area contributed by atoms with Crippen molar-refractivity contribution in [1.29, 1.82) is 0 Å². The summed E-state index contributed by atoms with van der Waals surface area (Å²) in [5, 5.41) is 5.11. The molecule has 5 nitrogen and oxygen atoms in total. The first-order chi connectivity index (χ1) is 11.4. The van der Waals surface area contributed by atoms with Gasteiger partial charge in [0.25, 0.3) is 5.91 Å². The van der Waals surface area contributed by atoms with Crippen LogP contribution in [0.15, 0.2) is 17.5 Å². The van der Waals surface area contributed by atoms with E-state index in [1.54, 1.807) is 0 Å². The van der Waals surface area contributed by atoms with E-state index in [1.165, 1.54) is 22.5 Å². The molecule has 1 saturated carbocycles. The van der Waals surface area contributed by atoms with Gasteiger partial charge in [0.2, 0.25) is 0 Å². The van der Waals surface area contributed by atoms with Crippen LogP contribution in [0.3, 0.4) is 0 Å². The van der Waals surface area contributed by atoms with Gasteiger partial charge in [0.1, 0.15) is 0 Å². The van der Waals surface area contributed by atoms with Gasteiger partial charge in [-0.1, -0.05) is 6.07 Å². The van der Waals surface area contributed by atoms with Gasteiger partial charge in [-0.2, -0.15) is 0 Å². The molecule has 1 aliphatic carbocycles. The van der Waals surface area contributed by atoms with Gasteiger partial charge in [-0.15, -0.1) is 11.3 Å². The second kappa shape index (κ2) is 6.73. The van der Waals surface area contributed by atoms with E-state index in [-0.39, 0.29) is 24.4 Å². The normalized spacial score (nSPS) is 13.6. The summed E-state index contributed by atoms with van der Waals surface area (Å²) in [5.41, 5.74) is 5.51. The minimum Gasteiger partial charge on any atom is -0.455 e. The van der Waals surface area contributed by atoms with E-state index in [4.69, 9.17) is 4.74 Å². The van der Waals surface area contributed by atoms with E-state index in [9.17, 15) is 9.59 Å². The summed E-state index contributed by atoms with van der Waals surface area (Å²) in [7, 11) is 0. The molecule has 0 spiro atoms. The van der Waals surface area contributed by atoms with Crippen LogP contribution in [0, 0.1) is 26.7 Å². The lowest BCUT2D eigenvalue weighted by Gasteiger charge is -2.07. The smallest absolute Gasteiger partial charge is 0.309 e. The first-order valence-corrected chi connectivity index (χ1v) is 8.82. The summed E-state index contributed by atoms with van der Waals surface area (Å²) in [5.74, 6) is -0.644. The van der Waals surface area contributed by atoms with E-state index in [0.717, 1.165) is 29.7 Å². The van der Waals surface area contributed by atoms with Crippen LogP contribution in [0.4, 0.5) is 5.13 Å². The molecule has 2 aromatic rings. The zero-order valence-corrected chi connectivity index (χ0v) is 14.8. The molecule has 1 heterocycles. The van der Waals surface area contributed by atoms with Crippen LogP contribution in [-0.2, 0) is 14.3 Å². The number of carbonyl (C=O) groups is 2. The summed E-state index contributed by atoms with van der Waals surface area (Å²) < 4.78 is 4.97. The largest absolute Gasteiger partial charge is 0.455 e. The zero-order chi connectivity index (χ0) is 17.3. The van der Waals surface area contributed by atoms with Crippen LogP contribution < -0.4 is 5.32 Å². The Labute approximate surface area is 145 Å². The number of hydrogen-bond donors (Lipinski definition) is 1. The number of benzene rings is 1. The first kappa shape index (κ1) is 16.6. The highest BCUT2D eigenvalue weighted by Gasteiger charge is 2.31. The third-order valence-electron chi connectivity index (χ3n) is 4.12. The van der Waals surface area contributed by atoms with Gasteiger partial charge in [-0.3, -0.25) is 14.9 Å². The molecule has 0 atom stereocenters. The molecule has 3 rings (SSSR count). The van der Waals surface area contributed by atoms with E-state index < -0.39 is 0 Å². The van der Waals surface area contributed by atoms with Crippen molar-refractivity contribution in [1.82, 2.24) is 4.98 Å². The molecule has 126 valence electrons. The maximum absolute atomic E-state index is 11.8. The molecule has 24 heavy (non-hydrogen) atoms. The number of aromatic nitrogens is 1. The predicted octanol–water partition coefficient (Wildman–Crippen LogP) is 3.63. The van der Waals surface area contributed by atoms with E-state index >= 15 is 0 Å². The summed E-state index contributed by atoms with van der Waals surface area (Å²) in [4.78, 5) is 27.8. The maximum Gasteiger partial charge on any atom is 0.309 e. The van der Waals surface area contributed by atoms with Crippen LogP contribution in [0.2, 0.25) is 0 Å². The van der Waals surface area contributed by atoms with Crippen molar-refractivity contribution in [3.05, 3.63) is 34.2 Å². The molecule has 1 aromatic heterocycles. The molecule has 0 saturated heterocycles. The van der Waals surface area contributed by atoms with Crippen molar-refractivity contribution in [2.75, 3.05) is 11.9 Å². The molecule has 1 aromatic carbocycles. The third-order valence-corrected chi connectivity index (χ3v) is 4.88. The molecule has 1 amide bonds. The lowest BCUT2D eigenvalue weighted by molar-refractivity contribution is -0.148. The number of anilines is 1. The first-order valence-electron chi connectivity index (χ1n) is 7.94. The van der Waals surface area contributed by atoms with Gasteiger partial charge in [0, 0.05) is 10.9 Å². The minimum absolute atomic E-state index is 0.00276. The Morgan fingerprint density at radius 3 is 2.62 bits per heavy atom. The van der Waals surface area contributed by atoms with E-state index in [0.29, 0.717) is 5.13 Å². The van der Waals surface area contributed by atoms with Crippen LogP contribution in [-0.4, -0.2) is 23.5 Å². The Hall–Kier alpha value is -2.21. The maximum atomic E-state index is 11.8. The average molecular weight is 344 g/mol. The summed E-state index contributed by atoms with van der Waals surface area (Å²) >= 11 is 1.36. The zero-order valence-electron chi connectivity index (χ0n) is 14.0. The van der Waals surface area contributed by atoms with Gasteiger partial charge in [-0.05, 0) is 56.4 Å². The number of aryl methyl sites for hydroxylation is 3. The second-order valence-corrected chi connectivity index (χ2v) is 7.08. The van der Waals surface area contributed by atoms with Crippen molar-refractivity contribution in [3.63, 3.8) is 0 Å². The van der Waals surface area contributed by atoms with Gasteiger partial charge in [0.05, 0.1) is 11.6 Å². The molecular weight excluding hydrogens is 324 g/mol. The molecule has 6 heteroatoms. The van der Waals surface area contributed by atoms with Crippen molar-refractivity contribution >= 4 is 28.3 Å². The van der Waals surface area contributed by atoms with Crippen LogP contribution in [0.1, 0.15) is 29.5 Å². The van der Waals surface area contributed by atoms with Crippen LogP contribution >= 0.6 is 11.3 Å². The predicted molar refractivity (Wildman–Crippen MR) is 94.1 cm³/mol. The Bertz CT molecular complexity index is 794. The van der Waals surface area contributed by atoms with Gasteiger partial charge < -0.3 is 4.74 Å². The molecule has 0 bridgehead atoms. The standard InChI is InChI=1S/C18H20N2O3S/c1-10-6-12(3)14(7-11(10)2)15-9-24-18(19-15)20-16(21)8-23-17(22)13-4-5-13/h6-7,9,13H,4-5,8H2,1-3H3,(H,19,20,21). The Kier molecular flexibility index (Phi) is 4.66. The lowest BCUT2D eigenvalue weighted by Crippen LogP contribution is -2.21. The fraction of sp³-hybridized carbons (Fsp3) is 0.389. The van der Waals surface area contributed by atoms with E-state index in [1.807, 2.05) is 5.38 Å². The number of carbonyl (C=O) groups excluding carboxylic acids is 2.